The van der Waals surface area contributed by atoms with Crippen molar-refractivity contribution >= 4 is 11.4 Å². The molecule has 0 radical (unpaired) electrons. The van der Waals surface area contributed by atoms with Crippen molar-refractivity contribution < 1.29 is 14.2 Å². The summed E-state index contributed by atoms with van der Waals surface area (Å²) in [7, 11) is 5.08. The van der Waals surface area contributed by atoms with Gasteiger partial charge in [0.25, 0.3) is 0 Å². The molecule has 0 aliphatic rings. The minimum atomic E-state index is 0.655. The molecule has 0 spiro atoms. The van der Waals surface area contributed by atoms with Crippen LogP contribution in [-0.4, -0.2) is 47.6 Å². The second-order valence-electron chi connectivity index (χ2n) is 5.48. The number of nitrogens with zero attached hydrogens (tertiary/aromatic N) is 1. The van der Waals surface area contributed by atoms with Crippen LogP contribution in [0.3, 0.4) is 0 Å². The molecule has 0 aliphatic heterocycles. The number of methoxy groups -OCH3 is 3. The summed E-state index contributed by atoms with van der Waals surface area (Å²) in [6.07, 6.45) is 0. The molecule has 0 fully saturated rings. The van der Waals surface area contributed by atoms with E-state index in [9.17, 15) is 0 Å². The predicted molar refractivity (Wildman–Crippen MR) is 98.8 cm³/mol. The molecule has 2 rings (SSSR count). The number of benzene rings is 2. The van der Waals surface area contributed by atoms with Crippen molar-refractivity contribution in [2.24, 2.45) is 0 Å². The molecular weight excluding hydrogens is 304 g/mol. The van der Waals surface area contributed by atoms with Gasteiger partial charge >= 0.3 is 0 Å². The van der Waals surface area contributed by atoms with Crippen LogP contribution in [0.1, 0.15) is 0 Å². The van der Waals surface area contributed by atoms with E-state index >= 15 is 0 Å². The zero-order valence-corrected chi connectivity index (χ0v) is 14.6. The van der Waals surface area contributed by atoms with Gasteiger partial charge in [-0.15, -0.1) is 0 Å². The van der Waals surface area contributed by atoms with Crippen LogP contribution in [0, 0.1) is 0 Å². The molecule has 0 bridgehead atoms. The summed E-state index contributed by atoms with van der Waals surface area (Å²) in [5.74, 6) is 0.813. The average molecular weight is 330 g/mol. The highest BCUT2D eigenvalue weighted by Gasteiger charge is 2.11. The van der Waals surface area contributed by atoms with Crippen molar-refractivity contribution in [2.75, 3.05) is 58.3 Å². The van der Waals surface area contributed by atoms with E-state index in [2.05, 4.69) is 11.0 Å². The van der Waals surface area contributed by atoms with Crippen LogP contribution in [-0.2, 0) is 9.47 Å². The van der Waals surface area contributed by atoms with Crippen LogP contribution < -0.4 is 15.4 Å². The molecule has 0 unspecified atom stereocenters. The Kier molecular flexibility index (Phi) is 6.90. The summed E-state index contributed by atoms with van der Waals surface area (Å²) >= 11 is 0. The van der Waals surface area contributed by atoms with Crippen molar-refractivity contribution in [3.8, 4) is 16.9 Å². The number of hydrogen-bond acceptors (Lipinski definition) is 5. The van der Waals surface area contributed by atoms with E-state index in [0.717, 1.165) is 41.3 Å². The first-order chi connectivity index (χ1) is 11.7. The largest absolute Gasteiger partial charge is 0.497 e. The summed E-state index contributed by atoms with van der Waals surface area (Å²) in [5.41, 5.74) is 10.1. The minimum Gasteiger partial charge on any atom is -0.497 e. The zero-order valence-electron chi connectivity index (χ0n) is 14.6. The third-order valence-electron chi connectivity index (χ3n) is 3.91. The fraction of sp³-hybridized carbons (Fsp3) is 0.368. The molecule has 2 aromatic rings. The summed E-state index contributed by atoms with van der Waals surface area (Å²) in [5, 5.41) is 0. The van der Waals surface area contributed by atoms with E-state index in [4.69, 9.17) is 19.9 Å². The van der Waals surface area contributed by atoms with Crippen molar-refractivity contribution in [2.45, 2.75) is 0 Å². The lowest BCUT2D eigenvalue weighted by molar-refractivity contribution is 0.190. The number of ether oxygens (including phenoxy) is 3. The van der Waals surface area contributed by atoms with Gasteiger partial charge < -0.3 is 24.8 Å². The Morgan fingerprint density at radius 2 is 1.62 bits per heavy atom. The Hall–Kier alpha value is -2.24. The normalized spacial score (nSPS) is 10.6. The predicted octanol–water partition coefficient (Wildman–Crippen LogP) is 3.04. The third kappa shape index (κ3) is 4.63. The zero-order chi connectivity index (χ0) is 17.4. The van der Waals surface area contributed by atoms with Crippen molar-refractivity contribution in [1.29, 1.82) is 0 Å². The van der Waals surface area contributed by atoms with E-state index in [-0.39, 0.29) is 0 Å². The van der Waals surface area contributed by atoms with Gasteiger partial charge in [-0.1, -0.05) is 12.1 Å². The highest BCUT2D eigenvalue weighted by atomic mass is 16.5. The van der Waals surface area contributed by atoms with Gasteiger partial charge in [0, 0.05) is 44.2 Å². The number of anilines is 2. The molecule has 130 valence electrons. The molecule has 5 nitrogen and oxygen atoms in total. The lowest BCUT2D eigenvalue weighted by atomic mass is 10.0. The molecule has 0 aromatic heterocycles. The fourth-order valence-electron chi connectivity index (χ4n) is 2.55. The van der Waals surface area contributed by atoms with Crippen LogP contribution >= 0.6 is 0 Å². The first-order valence-electron chi connectivity index (χ1n) is 7.96. The SMILES string of the molecule is COCCN(CCOC)c1ccc(N)c(-c2cccc(OC)c2)c1. The standard InChI is InChI=1S/C19H26N2O3/c1-22-11-9-21(10-12-23-2)16-7-8-19(20)18(14-16)15-5-4-6-17(13-15)24-3/h4-8,13-14H,9-12,20H2,1-3H3. The van der Waals surface area contributed by atoms with Crippen molar-refractivity contribution in [1.82, 2.24) is 0 Å². The Bertz CT molecular complexity index is 638. The Morgan fingerprint density at radius 1 is 0.917 bits per heavy atom. The molecule has 5 heteroatoms. The molecule has 0 atom stereocenters. The summed E-state index contributed by atoms with van der Waals surface area (Å²) in [6.45, 7) is 2.90. The molecule has 24 heavy (non-hydrogen) atoms. The average Bonchev–Trinajstić information content (AvgIpc) is 2.62. The minimum absolute atomic E-state index is 0.655. The Morgan fingerprint density at radius 3 is 2.25 bits per heavy atom. The first-order valence-corrected chi connectivity index (χ1v) is 7.96. The van der Waals surface area contributed by atoms with Gasteiger partial charge in [-0.2, -0.15) is 0 Å². The Balaban J connectivity index is 2.34. The van der Waals surface area contributed by atoms with Gasteiger partial charge in [-0.25, -0.2) is 0 Å². The lowest BCUT2D eigenvalue weighted by Gasteiger charge is -2.25. The molecule has 2 N–H and O–H groups in total. The third-order valence-corrected chi connectivity index (χ3v) is 3.91. The maximum atomic E-state index is 6.20. The molecular formula is C19H26N2O3. The van der Waals surface area contributed by atoms with Crippen LogP contribution in [0.15, 0.2) is 42.5 Å². The van der Waals surface area contributed by atoms with Crippen LogP contribution in [0.2, 0.25) is 0 Å². The molecule has 0 saturated carbocycles. The van der Waals surface area contributed by atoms with E-state index in [0.29, 0.717) is 13.2 Å². The topological polar surface area (TPSA) is 57.0 Å². The second-order valence-corrected chi connectivity index (χ2v) is 5.48. The van der Waals surface area contributed by atoms with Gasteiger partial charge in [0.05, 0.1) is 20.3 Å². The second kappa shape index (κ2) is 9.15. The van der Waals surface area contributed by atoms with Gasteiger partial charge in [0.15, 0.2) is 0 Å². The monoisotopic (exact) mass is 330 g/mol. The number of rotatable bonds is 9. The summed E-state index contributed by atoms with van der Waals surface area (Å²) in [6, 6.07) is 14.0. The van der Waals surface area contributed by atoms with Crippen LogP contribution in [0.5, 0.6) is 5.75 Å². The fourth-order valence-corrected chi connectivity index (χ4v) is 2.55. The van der Waals surface area contributed by atoms with Gasteiger partial charge in [-0.05, 0) is 35.9 Å². The smallest absolute Gasteiger partial charge is 0.119 e. The van der Waals surface area contributed by atoms with Gasteiger partial charge in [0.1, 0.15) is 5.75 Å². The van der Waals surface area contributed by atoms with Crippen molar-refractivity contribution in [3.05, 3.63) is 42.5 Å². The summed E-state index contributed by atoms with van der Waals surface area (Å²) < 4.78 is 15.8. The maximum absolute atomic E-state index is 6.20. The van der Waals surface area contributed by atoms with E-state index in [1.54, 1.807) is 21.3 Å². The van der Waals surface area contributed by atoms with Gasteiger partial charge in [-0.3, -0.25) is 0 Å². The summed E-state index contributed by atoms with van der Waals surface area (Å²) in [4.78, 5) is 2.23. The van der Waals surface area contributed by atoms with E-state index < -0.39 is 0 Å². The molecule has 0 saturated heterocycles. The number of nitrogen functional groups attached to an aromatic ring is 1. The molecule has 0 heterocycles. The number of nitrogens with two attached hydrogens (primary N) is 1. The van der Waals surface area contributed by atoms with Gasteiger partial charge in [0.2, 0.25) is 0 Å². The Labute approximate surface area is 143 Å². The van der Waals surface area contributed by atoms with E-state index in [1.807, 2.05) is 36.4 Å². The lowest BCUT2D eigenvalue weighted by Crippen LogP contribution is -2.30. The van der Waals surface area contributed by atoms with Crippen LogP contribution in [0.25, 0.3) is 11.1 Å². The maximum Gasteiger partial charge on any atom is 0.119 e. The van der Waals surface area contributed by atoms with Crippen LogP contribution in [0.4, 0.5) is 11.4 Å². The van der Waals surface area contributed by atoms with Crippen molar-refractivity contribution in [3.63, 3.8) is 0 Å². The first kappa shape index (κ1) is 18.1. The highest BCUT2D eigenvalue weighted by molar-refractivity contribution is 5.80. The quantitative estimate of drug-likeness (QED) is 0.716. The molecule has 0 amide bonds. The number of hydrogen-bond donors (Lipinski definition) is 1. The van der Waals surface area contributed by atoms with E-state index in [1.165, 1.54) is 0 Å². The molecule has 0 aliphatic carbocycles. The highest BCUT2D eigenvalue weighted by Crippen LogP contribution is 2.32. The molecule has 2 aromatic carbocycles.